The van der Waals surface area contributed by atoms with Gasteiger partial charge in [-0.3, -0.25) is 4.79 Å². The number of benzene rings is 1. The zero-order valence-corrected chi connectivity index (χ0v) is 10.7. The number of carbonyl (C=O) groups is 1. The Morgan fingerprint density at radius 1 is 1.35 bits per heavy atom. The van der Waals surface area contributed by atoms with Gasteiger partial charge in [-0.05, 0) is 43.5 Å². The van der Waals surface area contributed by atoms with Gasteiger partial charge in [0, 0.05) is 17.6 Å². The van der Waals surface area contributed by atoms with Crippen LogP contribution in [0.15, 0.2) is 29.2 Å². The molecule has 4 heteroatoms. The lowest BCUT2D eigenvalue weighted by Gasteiger charge is -2.19. The van der Waals surface area contributed by atoms with Crippen molar-refractivity contribution in [2.24, 2.45) is 0 Å². The summed E-state index contributed by atoms with van der Waals surface area (Å²) in [5.41, 5.74) is 0.671. The number of methoxy groups -OCH3 is 1. The lowest BCUT2D eigenvalue weighted by molar-refractivity contribution is 0.0722. The Kier molecular flexibility index (Phi) is 4.07. The molecule has 1 aromatic carbocycles. The molecule has 1 aliphatic rings. The van der Waals surface area contributed by atoms with Crippen LogP contribution < -0.4 is 5.32 Å². The first-order valence-electron chi connectivity index (χ1n) is 5.83. The summed E-state index contributed by atoms with van der Waals surface area (Å²) in [6.07, 6.45) is 3.29. The van der Waals surface area contributed by atoms with Gasteiger partial charge in [-0.2, -0.15) is 0 Å². The van der Waals surface area contributed by atoms with Gasteiger partial charge in [0.2, 0.25) is 0 Å². The minimum Gasteiger partial charge on any atom is -0.379 e. The molecule has 0 heterocycles. The van der Waals surface area contributed by atoms with Gasteiger partial charge in [-0.25, -0.2) is 0 Å². The molecule has 0 spiro atoms. The maximum absolute atomic E-state index is 12.0. The molecule has 1 saturated carbocycles. The molecular formula is C13H17NO2S. The lowest BCUT2D eigenvalue weighted by Crippen LogP contribution is -2.40. The first-order valence-corrected chi connectivity index (χ1v) is 6.28. The van der Waals surface area contributed by atoms with Gasteiger partial charge in [0.15, 0.2) is 0 Å². The molecule has 0 radical (unpaired) electrons. The molecule has 3 nitrogen and oxygen atoms in total. The molecule has 1 aliphatic carbocycles. The summed E-state index contributed by atoms with van der Waals surface area (Å²) >= 11 is 4.19. The third-order valence-electron chi connectivity index (χ3n) is 3.20. The molecule has 17 heavy (non-hydrogen) atoms. The second-order valence-electron chi connectivity index (χ2n) is 4.33. The lowest BCUT2D eigenvalue weighted by atomic mass is 10.1. The van der Waals surface area contributed by atoms with E-state index in [2.05, 4.69) is 17.9 Å². The average molecular weight is 251 g/mol. The van der Waals surface area contributed by atoms with E-state index < -0.39 is 0 Å². The van der Waals surface area contributed by atoms with Crippen molar-refractivity contribution in [1.29, 1.82) is 0 Å². The summed E-state index contributed by atoms with van der Waals surface area (Å²) in [4.78, 5) is 12.8. The predicted molar refractivity (Wildman–Crippen MR) is 69.6 cm³/mol. The summed E-state index contributed by atoms with van der Waals surface area (Å²) < 4.78 is 5.35. The Morgan fingerprint density at radius 3 is 2.71 bits per heavy atom. The zero-order valence-electron chi connectivity index (χ0n) is 9.85. The van der Waals surface area contributed by atoms with Crippen molar-refractivity contribution >= 4 is 18.5 Å². The fraction of sp³-hybridized carbons (Fsp3) is 0.462. The highest BCUT2D eigenvalue weighted by molar-refractivity contribution is 7.80. The summed E-state index contributed by atoms with van der Waals surface area (Å²) in [5.74, 6) is -0.0349. The van der Waals surface area contributed by atoms with Crippen molar-refractivity contribution < 1.29 is 9.53 Å². The molecule has 2 atom stereocenters. The van der Waals surface area contributed by atoms with Gasteiger partial charge in [0.1, 0.15) is 0 Å². The second-order valence-corrected chi connectivity index (χ2v) is 4.85. The SMILES string of the molecule is COC1CCCC1NC(=O)c1ccc(S)cc1. The molecule has 0 bridgehead atoms. The number of rotatable bonds is 3. The molecule has 1 aromatic rings. The Hall–Kier alpha value is -1.00. The molecule has 0 aromatic heterocycles. The van der Waals surface area contributed by atoms with E-state index in [-0.39, 0.29) is 18.1 Å². The number of hydrogen-bond donors (Lipinski definition) is 2. The minimum absolute atomic E-state index is 0.0349. The smallest absolute Gasteiger partial charge is 0.251 e. The van der Waals surface area contributed by atoms with Crippen LogP contribution in [0.3, 0.4) is 0 Å². The van der Waals surface area contributed by atoms with Crippen LogP contribution in [0.2, 0.25) is 0 Å². The molecule has 1 N–H and O–H groups in total. The van der Waals surface area contributed by atoms with Gasteiger partial charge in [0.05, 0.1) is 12.1 Å². The number of nitrogens with one attached hydrogen (secondary N) is 1. The van der Waals surface area contributed by atoms with Gasteiger partial charge >= 0.3 is 0 Å². The van der Waals surface area contributed by atoms with Gasteiger partial charge < -0.3 is 10.1 Å². The summed E-state index contributed by atoms with van der Waals surface area (Å²) in [6, 6.07) is 7.35. The minimum atomic E-state index is -0.0349. The van der Waals surface area contributed by atoms with Crippen LogP contribution in [0.4, 0.5) is 0 Å². The molecule has 2 unspecified atom stereocenters. The first-order chi connectivity index (χ1) is 8.20. The number of amides is 1. The first kappa shape index (κ1) is 12.5. The van der Waals surface area contributed by atoms with Crippen molar-refractivity contribution in [1.82, 2.24) is 5.32 Å². The van der Waals surface area contributed by atoms with Crippen molar-refractivity contribution in [3.8, 4) is 0 Å². The van der Waals surface area contributed by atoms with Crippen molar-refractivity contribution in [2.75, 3.05) is 7.11 Å². The largest absolute Gasteiger partial charge is 0.379 e. The zero-order chi connectivity index (χ0) is 12.3. The Balaban J connectivity index is 1.99. The maximum atomic E-state index is 12.0. The van der Waals surface area contributed by atoms with E-state index in [0.717, 1.165) is 24.2 Å². The fourth-order valence-corrected chi connectivity index (χ4v) is 2.39. The monoisotopic (exact) mass is 251 g/mol. The van der Waals surface area contributed by atoms with Gasteiger partial charge in [0.25, 0.3) is 5.91 Å². The summed E-state index contributed by atoms with van der Waals surface area (Å²) in [5, 5.41) is 3.03. The van der Waals surface area contributed by atoms with Crippen LogP contribution in [0, 0.1) is 0 Å². The van der Waals surface area contributed by atoms with Crippen LogP contribution in [0.5, 0.6) is 0 Å². The van der Waals surface area contributed by atoms with Gasteiger partial charge in [-0.15, -0.1) is 12.6 Å². The van der Waals surface area contributed by atoms with E-state index in [1.807, 2.05) is 12.1 Å². The van der Waals surface area contributed by atoms with Gasteiger partial charge in [-0.1, -0.05) is 0 Å². The number of hydrogen-bond acceptors (Lipinski definition) is 3. The summed E-state index contributed by atoms with van der Waals surface area (Å²) in [7, 11) is 1.70. The molecular weight excluding hydrogens is 234 g/mol. The highest BCUT2D eigenvalue weighted by atomic mass is 32.1. The average Bonchev–Trinajstić information content (AvgIpc) is 2.77. The quantitative estimate of drug-likeness (QED) is 0.809. The number of carbonyl (C=O) groups excluding carboxylic acids is 1. The van der Waals surface area contributed by atoms with Crippen molar-refractivity contribution in [2.45, 2.75) is 36.3 Å². The highest BCUT2D eigenvalue weighted by Crippen LogP contribution is 2.21. The summed E-state index contributed by atoms with van der Waals surface area (Å²) in [6.45, 7) is 0. The standard InChI is InChI=1S/C13H17NO2S/c1-16-12-4-2-3-11(12)14-13(15)9-5-7-10(17)8-6-9/h5-8,11-12,17H,2-4H2,1H3,(H,14,15). The molecule has 2 rings (SSSR count). The molecule has 0 aliphatic heterocycles. The molecule has 1 fully saturated rings. The predicted octanol–water partition coefficient (Wildman–Crippen LogP) is 2.27. The van der Waals surface area contributed by atoms with E-state index in [4.69, 9.17) is 4.74 Å². The van der Waals surface area contributed by atoms with Crippen molar-refractivity contribution in [3.63, 3.8) is 0 Å². The molecule has 92 valence electrons. The maximum Gasteiger partial charge on any atom is 0.251 e. The third kappa shape index (κ3) is 3.01. The van der Waals surface area contributed by atoms with Crippen molar-refractivity contribution in [3.05, 3.63) is 29.8 Å². The van der Waals surface area contributed by atoms with E-state index >= 15 is 0 Å². The van der Waals surface area contributed by atoms with E-state index in [1.165, 1.54) is 0 Å². The van der Waals surface area contributed by atoms with Crippen LogP contribution in [0.25, 0.3) is 0 Å². The fourth-order valence-electron chi connectivity index (χ4n) is 2.24. The molecule has 1 amide bonds. The molecule has 0 saturated heterocycles. The van der Waals surface area contributed by atoms with E-state index in [0.29, 0.717) is 5.56 Å². The topological polar surface area (TPSA) is 38.3 Å². The van der Waals surface area contributed by atoms with Crippen LogP contribution in [-0.4, -0.2) is 25.2 Å². The second kappa shape index (κ2) is 5.56. The Morgan fingerprint density at radius 2 is 2.06 bits per heavy atom. The highest BCUT2D eigenvalue weighted by Gasteiger charge is 2.28. The van der Waals surface area contributed by atoms with E-state index in [9.17, 15) is 4.79 Å². The third-order valence-corrected chi connectivity index (χ3v) is 3.50. The number of thiol groups is 1. The van der Waals surface area contributed by atoms with Crippen LogP contribution in [-0.2, 0) is 4.74 Å². The Labute approximate surface area is 107 Å². The van der Waals surface area contributed by atoms with Crippen LogP contribution >= 0.6 is 12.6 Å². The van der Waals surface area contributed by atoms with Crippen LogP contribution in [0.1, 0.15) is 29.6 Å². The number of ether oxygens (including phenoxy) is 1. The van der Waals surface area contributed by atoms with E-state index in [1.54, 1.807) is 19.2 Å². The Bertz CT molecular complexity index is 391. The normalized spacial score (nSPS) is 23.6.